The van der Waals surface area contributed by atoms with Crippen LogP contribution in [-0.2, 0) is 6.54 Å². The molecule has 2 aromatic carbocycles. The van der Waals surface area contributed by atoms with Gasteiger partial charge in [0.1, 0.15) is 11.6 Å². The zero-order chi connectivity index (χ0) is 14.0. The lowest BCUT2D eigenvalue weighted by Gasteiger charge is -2.11. The molecule has 0 aromatic heterocycles. The minimum Gasteiger partial charge on any atom is -0.378 e. The van der Waals surface area contributed by atoms with Crippen LogP contribution in [0.3, 0.4) is 0 Å². The second-order valence-electron chi connectivity index (χ2n) is 3.83. The highest BCUT2D eigenvalue weighted by atomic mass is 79.9. The van der Waals surface area contributed by atoms with E-state index in [1.165, 1.54) is 6.07 Å². The fourth-order valence-corrected chi connectivity index (χ4v) is 2.93. The molecule has 0 heterocycles. The van der Waals surface area contributed by atoms with Gasteiger partial charge in [-0.1, -0.05) is 33.6 Å². The van der Waals surface area contributed by atoms with Crippen molar-refractivity contribution in [2.45, 2.75) is 6.54 Å². The summed E-state index contributed by atoms with van der Waals surface area (Å²) < 4.78 is 27.7. The maximum absolute atomic E-state index is 13.6. The molecule has 1 N–H and O–H groups in total. The highest BCUT2D eigenvalue weighted by molar-refractivity contribution is 9.11. The molecular weight excluding hydrogens is 403 g/mol. The first-order valence-corrected chi connectivity index (χ1v) is 7.26. The quantitative estimate of drug-likeness (QED) is 0.678. The molecule has 0 unspecified atom stereocenters. The van der Waals surface area contributed by atoms with Crippen molar-refractivity contribution >= 4 is 49.1 Å². The Morgan fingerprint density at radius 2 is 1.79 bits per heavy atom. The fourth-order valence-electron chi connectivity index (χ4n) is 1.56. The van der Waals surface area contributed by atoms with Gasteiger partial charge in [-0.25, -0.2) is 8.78 Å². The summed E-state index contributed by atoms with van der Waals surface area (Å²) in [4.78, 5) is 0. The summed E-state index contributed by atoms with van der Waals surface area (Å²) in [6.07, 6.45) is 0. The minimum absolute atomic E-state index is 0.225. The Labute approximate surface area is 131 Å². The van der Waals surface area contributed by atoms with Crippen molar-refractivity contribution in [1.82, 2.24) is 0 Å². The van der Waals surface area contributed by atoms with Gasteiger partial charge in [-0.2, -0.15) is 0 Å². The molecule has 0 saturated heterocycles. The zero-order valence-corrected chi connectivity index (χ0v) is 13.4. The minimum atomic E-state index is -0.642. The van der Waals surface area contributed by atoms with Gasteiger partial charge in [0.15, 0.2) is 0 Å². The first-order valence-electron chi connectivity index (χ1n) is 5.29. The van der Waals surface area contributed by atoms with E-state index in [1.54, 1.807) is 12.1 Å². The van der Waals surface area contributed by atoms with Crippen molar-refractivity contribution in [3.63, 3.8) is 0 Å². The van der Waals surface area contributed by atoms with Gasteiger partial charge in [-0.15, -0.1) is 0 Å². The van der Waals surface area contributed by atoms with Gasteiger partial charge in [0.05, 0.1) is 5.69 Å². The topological polar surface area (TPSA) is 12.0 Å². The van der Waals surface area contributed by atoms with Gasteiger partial charge in [0, 0.05) is 26.6 Å². The predicted molar refractivity (Wildman–Crippen MR) is 80.5 cm³/mol. The van der Waals surface area contributed by atoms with Crippen molar-refractivity contribution in [3.8, 4) is 0 Å². The molecule has 0 aliphatic carbocycles. The van der Waals surface area contributed by atoms with Crippen LogP contribution < -0.4 is 5.32 Å². The SMILES string of the molecule is Fc1cc(F)c(NCc2ccc(Cl)cc2Br)c(Br)c1. The number of hydrogen-bond acceptors (Lipinski definition) is 1. The van der Waals surface area contributed by atoms with E-state index in [9.17, 15) is 8.78 Å². The van der Waals surface area contributed by atoms with E-state index in [0.29, 0.717) is 16.0 Å². The van der Waals surface area contributed by atoms with Gasteiger partial charge >= 0.3 is 0 Å². The maximum Gasteiger partial charge on any atom is 0.150 e. The van der Waals surface area contributed by atoms with E-state index < -0.39 is 11.6 Å². The average Bonchev–Trinajstić information content (AvgIpc) is 2.30. The van der Waals surface area contributed by atoms with Crippen LogP contribution in [0.4, 0.5) is 14.5 Å². The first kappa shape index (κ1) is 14.8. The Kier molecular flexibility index (Phi) is 4.81. The Morgan fingerprint density at radius 1 is 1.05 bits per heavy atom. The number of halogens is 5. The molecule has 2 aromatic rings. The predicted octanol–water partition coefficient (Wildman–Crippen LogP) is 5.76. The Balaban J connectivity index is 2.19. The third-order valence-electron chi connectivity index (χ3n) is 2.48. The van der Waals surface area contributed by atoms with Gasteiger partial charge in [-0.05, 0) is 39.7 Å². The first-order chi connectivity index (χ1) is 8.97. The summed E-state index contributed by atoms with van der Waals surface area (Å²) >= 11 is 12.3. The summed E-state index contributed by atoms with van der Waals surface area (Å²) in [5, 5.41) is 3.54. The van der Waals surface area contributed by atoms with E-state index in [2.05, 4.69) is 37.2 Å². The average molecular weight is 411 g/mol. The van der Waals surface area contributed by atoms with E-state index in [4.69, 9.17) is 11.6 Å². The molecule has 0 spiro atoms. The summed E-state index contributed by atoms with van der Waals surface area (Å²) in [7, 11) is 0. The van der Waals surface area contributed by atoms with E-state index in [-0.39, 0.29) is 5.69 Å². The molecule has 1 nitrogen and oxygen atoms in total. The molecule has 2 rings (SSSR count). The Hall–Kier alpha value is -0.650. The van der Waals surface area contributed by atoms with Gasteiger partial charge in [-0.3, -0.25) is 0 Å². The summed E-state index contributed by atoms with van der Waals surface area (Å²) in [6, 6.07) is 7.38. The summed E-state index contributed by atoms with van der Waals surface area (Å²) in [5.41, 5.74) is 1.14. The number of anilines is 1. The molecule has 19 heavy (non-hydrogen) atoms. The Morgan fingerprint density at radius 3 is 2.42 bits per heavy atom. The van der Waals surface area contributed by atoms with Gasteiger partial charge < -0.3 is 5.32 Å². The zero-order valence-electron chi connectivity index (χ0n) is 9.48. The molecule has 0 amide bonds. The van der Waals surface area contributed by atoms with Gasteiger partial charge in [0.25, 0.3) is 0 Å². The van der Waals surface area contributed by atoms with E-state index in [1.807, 2.05) is 6.07 Å². The van der Waals surface area contributed by atoms with Crippen molar-refractivity contribution in [1.29, 1.82) is 0 Å². The lowest BCUT2D eigenvalue weighted by atomic mass is 10.2. The number of benzene rings is 2. The van der Waals surface area contributed by atoms with Crippen molar-refractivity contribution in [2.24, 2.45) is 0 Å². The molecule has 100 valence electrons. The van der Waals surface area contributed by atoms with Crippen LogP contribution in [0.5, 0.6) is 0 Å². The van der Waals surface area contributed by atoms with Crippen molar-refractivity contribution in [3.05, 3.63) is 61.5 Å². The van der Waals surface area contributed by atoms with Crippen molar-refractivity contribution in [2.75, 3.05) is 5.32 Å². The second kappa shape index (κ2) is 6.20. The maximum atomic E-state index is 13.6. The third-order valence-corrected chi connectivity index (χ3v) is 4.08. The standard InChI is InChI=1S/C13H8Br2ClF2N/c14-10-3-8(16)2-1-7(10)6-19-13-11(15)4-9(17)5-12(13)18/h1-5,19H,6H2. The number of rotatable bonds is 3. The largest absolute Gasteiger partial charge is 0.378 e. The van der Waals surface area contributed by atoms with Crippen LogP contribution in [0, 0.1) is 11.6 Å². The lowest BCUT2D eigenvalue weighted by Crippen LogP contribution is -2.03. The molecule has 0 bridgehead atoms. The molecule has 6 heteroatoms. The summed E-state index contributed by atoms with van der Waals surface area (Å²) in [6.45, 7) is 0.388. The molecule has 0 atom stereocenters. The van der Waals surface area contributed by atoms with Crippen LogP contribution in [0.15, 0.2) is 39.3 Å². The van der Waals surface area contributed by atoms with E-state index >= 15 is 0 Å². The van der Waals surface area contributed by atoms with Crippen LogP contribution >= 0.6 is 43.5 Å². The van der Waals surface area contributed by atoms with E-state index in [0.717, 1.165) is 16.1 Å². The monoisotopic (exact) mass is 409 g/mol. The number of hydrogen-bond donors (Lipinski definition) is 1. The molecule has 0 aliphatic rings. The van der Waals surface area contributed by atoms with Crippen LogP contribution in [0.2, 0.25) is 5.02 Å². The Bertz CT molecular complexity index is 597. The third kappa shape index (κ3) is 3.68. The molecule has 0 aliphatic heterocycles. The summed E-state index contributed by atoms with van der Waals surface area (Å²) in [5.74, 6) is -1.26. The van der Waals surface area contributed by atoms with Crippen molar-refractivity contribution < 1.29 is 8.78 Å². The molecule has 0 fully saturated rings. The van der Waals surface area contributed by atoms with Crippen LogP contribution in [0.1, 0.15) is 5.56 Å². The molecular formula is C13H8Br2ClF2N. The number of nitrogens with one attached hydrogen (secondary N) is 1. The fraction of sp³-hybridized carbons (Fsp3) is 0.0769. The van der Waals surface area contributed by atoms with Crippen LogP contribution in [-0.4, -0.2) is 0 Å². The normalized spacial score (nSPS) is 10.6. The smallest absolute Gasteiger partial charge is 0.150 e. The highest BCUT2D eigenvalue weighted by Gasteiger charge is 2.10. The lowest BCUT2D eigenvalue weighted by molar-refractivity contribution is 0.583. The second-order valence-corrected chi connectivity index (χ2v) is 5.98. The molecule has 0 radical (unpaired) electrons. The highest BCUT2D eigenvalue weighted by Crippen LogP contribution is 2.28. The van der Waals surface area contributed by atoms with Crippen LogP contribution in [0.25, 0.3) is 0 Å². The molecule has 0 saturated carbocycles. The van der Waals surface area contributed by atoms with Gasteiger partial charge in [0.2, 0.25) is 0 Å².